The van der Waals surface area contributed by atoms with Gasteiger partial charge in [0.2, 0.25) is 5.91 Å². The van der Waals surface area contributed by atoms with Crippen LogP contribution in [0, 0.1) is 13.8 Å². The van der Waals surface area contributed by atoms with Gasteiger partial charge in [0.1, 0.15) is 5.76 Å². The van der Waals surface area contributed by atoms with E-state index in [4.69, 9.17) is 9.26 Å². The number of carbonyl (C=O) groups excluding carboxylic acids is 1. The maximum Gasteiger partial charge on any atom is 0.223 e. The summed E-state index contributed by atoms with van der Waals surface area (Å²) in [5.41, 5.74) is 3.25. The van der Waals surface area contributed by atoms with Crippen molar-refractivity contribution in [2.24, 2.45) is 0 Å². The first-order valence-corrected chi connectivity index (χ1v) is 8.98. The van der Waals surface area contributed by atoms with Crippen molar-refractivity contribution < 1.29 is 14.1 Å². The van der Waals surface area contributed by atoms with Crippen LogP contribution in [0.2, 0.25) is 0 Å². The molecule has 0 radical (unpaired) electrons. The maximum absolute atomic E-state index is 12.6. The second-order valence-corrected chi connectivity index (χ2v) is 6.66. The molecule has 1 saturated heterocycles. The fourth-order valence-corrected chi connectivity index (χ4v) is 3.34. The Balaban J connectivity index is 1.48. The highest BCUT2D eigenvalue weighted by atomic mass is 16.5. The van der Waals surface area contributed by atoms with Crippen LogP contribution in [0.5, 0.6) is 0 Å². The molecule has 1 atom stereocenters. The van der Waals surface area contributed by atoms with Gasteiger partial charge in [-0.2, -0.15) is 0 Å². The molecule has 0 saturated carbocycles. The summed E-state index contributed by atoms with van der Waals surface area (Å²) in [7, 11) is 0. The third kappa shape index (κ3) is 4.69. The SMILES string of the molecule is Cc1noc(C)c1CCC(=O)N1CCO[C@@H](CCc2ccccc2)C1. The third-order valence-electron chi connectivity index (χ3n) is 4.86. The number of aromatic nitrogens is 1. The molecule has 2 aromatic rings. The van der Waals surface area contributed by atoms with E-state index >= 15 is 0 Å². The van der Waals surface area contributed by atoms with E-state index in [1.54, 1.807) is 0 Å². The van der Waals surface area contributed by atoms with Gasteiger partial charge < -0.3 is 14.2 Å². The highest BCUT2D eigenvalue weighted by Crippen LogP contribution is 2.17. The molecule has 5 nitrogen and oxygen atoms in total. The van der Waals surface area contributed by atoms with Gasteiger partial charge in [0.15, 0.2) is 0 Å². The lowest BCUT2D eigenvalue weighted by Crippen LogP contribution is -2.45. The van der Waals surface area contributed by atoms with Crippen LogP contribution >= 0.6 is 0 Å². The molecule has 2 heterocycles. The molecule has 5 heteroatoms. The summed E-state index contributed by atoms with van der Waals surface area (Å²) in [6, 6.07) is 10.4. The zero-order valence-electron chi connectivity index (χ0n) is 15.0. The summed E-state index contributed by atoms with van der Waals surface area (Å²) in [5.74, 6) is 1.00. The van der Waals surface area contributed by atoms with Crippen LogP contribution < -0.4 is 0 Å². The lowest BCUT2D eigenvalue weighted by atomic mass is 10.0. The van der Waals surface area contributed by atoms with Gasteiger partial charge in [-0.25, -0.2) is 0 Å². The normalized spacial score (nSPS) is 17.7. The molecule has 3 rings (SSSR count). The predicted molar refractivity (Wildman–Crippen MR) is 95.4 cm³/mol. The summed E-state index contributed by atoms with van der Waals surface area (Å²) >= 11 is 0. The smallest absolute Gasteiger partial charge is 0.223 e. The predicted octanol–water partition coefficient (Wildman–Crippen LogP) is 3.08. The molecule has 1 amide bonds. The molecule has 1 aromatic heterocycles. The largest absolute Gasteiger partial charge is 0.375 e. The van der Waals surface area contributed by atoms with Gasteiger partial charge in [-0.05, 0) is 38.7 Å². The first kappa shape index (κ1) is 17.7. The van der Waals surface area contributed by atoms with Crippen LogP contribution in [0.4, 0.5) is 0 Å². The van der Waals surface area contributed by atoms with Gasteiger partial charge in [0.25, 0.3) is 0 Å². The summed E-state index contributed by atoms with van der Waals surface area (Å²) in [5, 5.41) is 3.95. The number of carbonyl (C=O) groups is 1. The van der Waals surface area contributed by atoms with Crippen LogP contribution in [0.25, 0.3) is 0 Å². The monoisotopic (exact) mass is 342 g/mol. The Hall–Kier alpha value is -2.14. The fraction of sp³-hybridized carbons (Fsp3) is 0.500. The molecule has 0 unspecified atom stereocenters. The first-order valence-electron chi connectivity index (χ1n) is 8.98. The van der Waals surface area contributed by atoms with E-state index in [1.807, 2.05) is 24.8 Å². The van der Waals surface area contributed by atoms with Crippen LogP contribution in [0.3, 0.4) is 0 Å². The number of nitrogens with zero attached hydrogens (tertiary/aromatic N) is 2. The molecule has 0 aliphatic carbocycles. The Morgan fingerprint density at radius 2 is 2.04 bits per heavy atom. The average Bonchev–Trinajstić information content (AvgIpc) is 2.97. The molecule has 25 heavy (non-hydrogen) atoms. The van der Waals surface area contributed by atoms with Gasteiger partial charge >= 0.3 is 0 Å². The third-order valence-corrected chi connectivity index (χ3v) is 4.86. The zero-order chi connectivity index (χ0) is 17.6. The molecule has 1 aromatic carbocycles. The topological polar surface area (TPSA) is 55.6 Å². The number of benzene rings is 1. The molecule has 1 fully saturated rings. The van der Waals surface area contributed by atoms with E-state index in [0.29, 0.717) is 32.5 Å². The zero-order valence-corrected chi connectivity index (χ0v) is 15.0. The van der Waals surface area contributed by atoms with E-state index in [2.05, 4.69) is 29.4 Å². The molecule has 1 aliphatic rings. The number of aryl methyl sites for hydroxylation is 3. The Bertz CT molecular complexity index is 677. The van der Waals surface area contributed by atoms with Crippen molar-refractivity contribution in [1.82, 2.24) is 10.1 Å². The molecular formula is C20H26N2O3. The molecule has 0 spiro atoms. The average molecular weight is 342 g/mol. The second-order valence-electron chi connectivity index (χ2n) is 6.66. The number of ether oxygens (including phenoxy) is 1. The highest BCUT2D eigenvalue weighted by molar-refractivity contribution is 5.76. The van der Waals surface area contributed by atoms with Crippen molar-refractivity contribution in [3.63, 3.8) is 0 Å². The van der Waals surface area contributed by atoms with Crippen molar-refractivity contribution in [2.45, 2.75) is 45.6 Å². The van der Waals surface area contributed by atoms with Crippen molar-refractivity contribution in [1.29, 1.82) is 0 Å². The van der Waals surface area contributed by atoms with Crippen LogP contribution in [-0.4, -0.2) is 41.8 Å². The summed E-state index contributed by atoms with van der Waals surface area (Å²) in [4.78, 5) is 14.5. The van der Waals surface area contributed by atoms with Crippen LogP contribution in [-0.2, 0) is 22.4 Å². The summed E-state index contributed by atoms with van der Waals surface area (Å²) in [6.45, 7) is 5.81. The van der Waals surface area contributed by atoms with Gasteiger partial charge in [-0.3, -0.25) is 4.79 Å². The van der Waals surface area contributed by atoms with E-state index in [9.17, 15) is 4.79 Å². The minimum absolute atomic E-state index is 0.122. The van der Waals surface area contributed by atoms with E-state index < -0.39 is 0 Å². The first-order chi connectivity index (χ1) is 12.1. The second kappa shape index (κ2) is 8.30. The number of hydrogen-bond acceptors (Lipinski definition) is 4. The molecule has 0 bridgehead atoms. The molecular weight excluding hydrogens is 316 g/mol. The van der Waals surface area contributed by atoms with Crippen molar-refractivity contribution in [3.05, 3.63) is 52.9 Å². The van der Waals surface area contributed by atoms with E-state index in [0.717, 1.165) is 29.9 Å². The Morgan fingerprint density at radius 3 is 2.76 bits per heavy atom. The molecule has 1 aliphatic heterocycles. The van der Waals surface area contributed by atoms with E-state index in [1.165, 1.54) is 5.56 Å². The van der Waals surface area contributed by atoms with Crippen molar-refractivity contribution in [3.8, 4) is 0 Å². The van der Waals surface area contributed by atoms with Crippen molar-refractivity contribution in [2.75, 3.05) is 19.7 Å². The Morgan fingerprint density at radius 1 is 1.24 bits per heavy atom. The minimum atomic E-state index is 0.122. The van der Waals surface area contributed by atoms with Crippen LogP contribution in [0.15, 0.2) is 34.9 Å². The number of hydrogen-bond donors (Lipinski definition) is 0. The van der Waals surface area contributed by atoms with Gasteiger partial charge in [-0.15, -0.1) is 0 Å². The maximum atomic E-state index is 12.6. The summed E-state index contributed by atoms with van der Waals surface area (Å²) in [6.07, 6.45) is 3.22. The number of amides is 1. The highest BCUT2D eigenvalue weighted by Gasteiger charge is 2.24. The lowest BCUT2D eigenvalue weighted by Gasteiger charge is -2.33. The standard InChI is InChI=1S/C20H26N2O3/c1-15-19(16(2)25-21-15)10-11-20(23)22-12-13-24-18(14-22)9-8-17-6-4-3-5-7-17/h3-7,18H,8-14H2,1-2H3/t18-/m0/s1. The molecule has 134 valence electrons. The fourth-order valence-electron chi connectivity index (χ4n) is 3.34. The van der Waals surface area contributed by atoms with E-state index in [-0.39, 0.29) is 12.0 Å². The Kier molecular flexibility index (Phi) is 5.87. The number of morpholine rings is 1. The van der Waals surface area contributed by atoms with Crippen LogP contribution in [0.1, 0.15) is 35.4 Å². The Labute approximate surface area is 148 Å². The van der Waals surface area contributed by atoms with Gasteiger partial charge in [0, 0.05) is 25.1 Å². The van der Waals surface area contributed by atoms with Crippen molar-refractivity contribution >= 4 is 5.91 Å². The lowest BCUT2D eigenvalue weighted by molar-refractivity contribution is -0.138. The van der Waals surface area contributed by atoms with Gasteiger partial charge in [-0.1, -0.05) is 35.5 Å². The quantitative estimate of drug-likeness (QED) is 0.809. The van der Waals surface area contributed by atoms with Gasteiger partial charge in [0.05, 0.1) is 18.4 Å². The molecule has 0 N–H and O–H groups in total. The summed E-state index contributed by atoms with van der Waals surface area (Å²) < 4.78 is 11.0. The minimum Gasteiger partial charge on any atom is -0.375 e. The number of rotatable bonds is 6.